The Morgan fingerprint density at radius 3 is 2.43 bits per heavy atom. The van der Waals surface area contributed by atoms with Gasteiger partial charge in [-0.2, -0.15) is 5.10 Å². The molecule has 0 aliphatic rings. The topological polar surface area (TPSA) is 73.2 Å². The molecule has 1 amide bonds. The molecule has 6 nitrogen and oxygen atoms in total. The van der Waals surface area contributed by atoms with Crippen LogP contribution in [0.1, 0.15) is 23.4 Å². The fraction of sp³-hybridized carbons (Fsp3) is 0.261. The summed E-state index contributed by atoms with van der Waals surface area (Å²) in [5, 5.41) is 7.30. The quantitative estimate of drug-likeness (QED) is 0.428. The first-order valence-corrected chi connectivity index (χ1v) is 10.7. The van der Waals surface area contributed by atoms with Crippen LogP contribution in [-0.4, -0.2) is 34.0 Å². The van der Waals surface area contributed by atoms with Gasteiger partial charge in [0.25, 0.3) is 5.91 Å². The van der Waals surface area contributed by atoms with Crippen molar-refractivity contribution in [3.05, 3.63) is 71.5 Å². The van der Waals surface area contributed by atoms with Gasteiger partial charge < -0.3 is 10.1 Å². The van der Waals surface area contributed by atoms with E-state index in [0.717, 1.165) is 16.3 Å². The Bertz CT molecular complexity index is 1010. The number of para-hydroxylation sites is 1. The Hall–Kier alpha value is -3.06. The van der Waals surface area contributed by atoms with Gasteiger partial charge in [0, 0.05) is 10.6 Å². The van der Waals surface area contributed by atoms with Crippen LogP contribution in [0.25, 0.3) is 5.69 Å². The number of amides is 1. The number of rotatable bonds is 8. The SMILES string of the molecule is Cc1ccc(SCCC(=O)OCC(=O)Nc2c(C)nn(-c3ccccc3)c2C)cc1. The van der Waals surface area contributed by atoms with Crippen LogP contribution < -0.4 is 5.32 Å². The van der Waals surface area contributed by atoms with E-state index in [1.165, 1.54) is 5.56 Å². The number of benzene rings is 2. The van der Waals surface area contributed by atoms with E-state index >= 15 is 0 Å². The molecule has 2 aromatic carbocycles. The Labute approximate surface area is 180 Å². The van der Waals surface area contributed by atoms with Crippen molar-refractivity contribution < 1.29 is 14.3 Å². The van der Waals surface area contributed by atoms with Gasteiger partial charge in [-0.05, 0) is 45.0 Å². The molecule has 3 aromatic rings. The predicted molar refractivity (Wildman–Crippen MR) is 119 cm³/mol. The highest BCUT2D eigenvalue weighted by Gasteiger charge is 2.16. The van der Waals surface area contributed by atoms with E-state index in [2.05, 4.69) is 10.4 Å². The van der Waals surface area contributed by atoms with Crippen LogP contribution >= 0.6 is 11.8 Å². The molecule has 1 aromatic heterocycles. The van der Waals surface area contributed by atoms with Crippen LogP contribution in [-0.2, 0) is 14.3 Å². The van der Waals surface area contributed by atoms with Crippen molar-refractivity contribution in [3.8, 4) is 5.69 Å². The molecule has 0 fully saturated rings. The average molecular weight is 424 g/mol. The Balaban J connectivity index is 1.47. The molecule has 1 heterocycles. The maximum Gasteiger partial charge on any atom is 0.307 e. The zero-order valence-corrected chi connectivity index (χ0v) is 18.2. The normalized spacial score (nSPS) is 10.6. The van der Waals surface area contributed by atoms with Crippen LogP contribution in [0.5, 0.6) is 0 Å². The highest BCUT2D eigenvalue weighted by molar-refractivity contribution is 7.99. The number of carbonyl (C=O) groups is 2. The summed E-state index contributed by atoms with van der Waals surface area (Å²) in [5.74, 6) is -0.169. The van der Waals surface area contributed by atoms with Gasteiger partial charge in [-0.1, -0.05) is 35.9 Å². The highest BCUT2D eigenvalue weighted by atomic mass is 32.2. The number of thioether (sulfide) groups is 1. The first kappa shape index (κ1) is 21.6. The standard InChI is InChI=1S/C23H25N3O3S/c1-16-9-11-20(12-10-16)30-14-13-22(28)29-15-21(27)24-23-17(2)25-26(18(23)3)19-7-5-4-6-8-19/h4-12H,13-15H2,1-3H3,(H,24,27). The van der Waals surface area contributed by atoms with Gasteiger partial charge in [-0.15, -0.1) is 11.8 Å². The van der Waals surface area contributed by atoms with Crippen molar-refractivity contribution in [1.29, 1.82) is 0 Å². The molecule has 1 N–H and O–H groups in total. The number of aromatic nitrogens is 2. The molecule has 7 heteroatoms. The third kappa shape index (κ3) is 5.73. The van der Waals surface area contributed by atoms with E-state index < -0.39 is 5.97 Å². The van der Waals surface area contributed by atoms with Crippen LogP contribution in [0.15, 0.2) is 59.5 Å². The molecule has 0 aliphatic carbocycles. The molecule has 0 bridgehead atoms. The Kier molecular flexibility index (Phi) is 7.30. The first-order chi connectivity index (χ1) is 14.4. The van der Waals surface area contributed by atoms with Crippen LogP contribution in [0.2, 0.25) is 0 Å². The van der Waals surface area contributed by atoms with Crippen molar-refractivity contribution in [2.75, 3.05) is 17.7 Å². The lowest BCUT2D eigenvalue weighted by Crippen LogP contribution is -2.21. The Morgan fingerprint density at radius 1 is 1.03 bits per heavy atom. The summed E-state index contributed by atoms with van der Waals surface area (Å²) in [7, 11) is 0. The number of aryl methyl sites for hydroxylation is 2. The van der Waals surface area contributed by atoms with Crippen LogP contribution in [0.4, 0.5) is 5.69 Å². The molecule has 0 saturated heterocycles. The number of hydrogen-bond donors (Lipinski definition) is 1. The zero-order chi connectivity index (χ0) is 21.5. The fourth-order valence-electron chi connectivity index (χ4n) is 2.92. The minimum absolute atomic E-state index is 0.246. The summed E-state index contributed by atoms with van der Waals surface area (Å²) in [6.07, 6.45) is 0.246. The van der Waals surface area contributed by atoms with Crippen LogP contribution in [0, 0.1) is 20.8 Å². The number of carbonyl (C=O) groups excluding carboxylic acids is 2. The zero-order valence-electron chi connectivity index (χ0n) is 17.3. The van der Waals surface area contributed by atoms with E-state index in [0.29, 0.717) is 17.1 Å². The smallest absolute Gasteiger partial charge is 0.307 e. The molecular weight excluding hydrogens is 398 g/mol. The molecule has 3 rings (SSSR count). The number of esters is 1. The van der Waals surface area contributed by atoms with E-state index in [1.54, 1.807) is 16.4 Å². The number of ether oxygens (including phenoxy) is 1. The molecule has 30 heavy (non-hydrogen) atoms. The third-order valence-corrected chi connectivity index (χ3v) is 5.53. The summed E-state index contributed by atoms with van der Waals surface area (Å²) < 4.78 is 6.89. The molecular formula is C23H25N3O3S. The van der Waals surface area contributed by atoms with Gasteiger partial charge >= 0.3 is 5.97 Å². The van der Waals surface area contributed by atoms with Crippen molar-refractivity contribution in [2.24, 2.45) is 0 Å². The van der Waals surface area contributed by atoms with Gasteiger partial charge in [0.2, 0.25) is 0 Å². The van der Waals surface area contributed by atoms with E-state index in [-0.39, 0.29) is 18.9 Å². The van der Waals surface area contributed by atoms with Crippen molar-refractivity contribution >= 4 is 29.3 Å². The number of anilines is 1. The van der Waals surface area contributed by atoms with Gasteiger partial charge in [-0.25, -0.2) is 4.68 Å². The van der Waals surface area contributed by atoms with Crippen molar-refractivity contribution in [1.82, 2.24) is 9.78 Å². The Morgan fingerprint density at radius 2 is 1.73 bits per heavy atom. The second-order valence-corrected chi connectivity index (χ2v) is 8.08. The van der Waals surface area contributed by atoms with Crippen LogP contribution in [0.3, 0.4) is 0 Å². The molecule has 0 unspecified atom stereocenters. The van der Waals surface area contributed by atoms with E-state index in [4.69, 9.17) is 4.74 Å². The maximum atomic E-state index is 12.3. The van der Waals surface area contributed by atoms with Gasteiger partial charge in [0.1, 0.15) is 0 Å². The number of nitrogens with one attached hydrogen (secondary N) is 1. The monoisotopic (exact) mass is 423 g/mol. The number of hydrogen-bond acceptors (Lipinski definition) is 5. The minimum atomic E-state index is -0.391. The summed E-state index contributed by atoms with van der Waals surface area (Å²) in [6, 6.07) is 17.8. The molecule has 0 radical (unpaired) electrons. The first-order valence-electron chi connectivity index (χ1n) is 9.70. The van der Waals surface area contributed by atoms with E-state index in [1.807, 2.05) is 75.4 Å². The molecule has 0 spiro atoms. The summed E-state index contributed by atoms with van der Waals surface area (Å²) >= 11 is 1.59. The summed E-state index contributed by atoms with van der Waals surface area (Å²) in [4.78, 5) is 25.3. The van der Waals surface area contributed by atoms with Gasteiger partial charge in [0.05, 0.1) is 29.2 Å². The lowest BCUT2D eigenvalue weighted by Gasteiger charge is -2.08. The average Bonchev–Trinajstić information content (AvgIpc) is 3.02. The summed E-state index contributed by atoms with van der Waals surface area (Å²) in [6.45, 7) is 5.43. The lowest BCUT2D eigenvalue weighted by molar-refractivity contribution is -0.146. The fourth-order valence-corrected chi connectivity index (χ4v) is 3.76. The maximum absolute atomic E-state index is 12.3. The van der Waals surface area contributed by atoms with Crippen molar-refractivity contribution in [2.45, 2.75) is 32.1 Å². The number of nitrogens with zero attached hydrogens (tertiary/aromatic N) is 2. The molecule has 0 atom stereocenters. The highest BCUT2D eigenvalue weighted by Crippen LogP contribution is 2.23. The van der Waals surface area contributed by atoms with Gasteiger partial charge in [-0.3, -0.25) is 9.59 Å². The predicted octanol–water partition coefficient (Wildman–Crippen LogP) is 4.46. The molecule has 156 valence electrons. The third-order valence-electron chi connectivity index (χ3n) is 4.52. The lowest BCUT2D eigenvalue weighted by atomic mass is 10.2. The second-order valence-electron chi connectivity index (χ2n) is 6.91. The van der Waals surface area contributed by atoms with Gasteiger partial charge in [0.15, 0.2) is 6.61 Å². The molecule has 0 saturated carbocycles. The largest absolute Gasteiger partial charge is 0.456 e. The summed E-state index contributed by atoms with van der Waals surface area (Å²) in [5.41, 5.74) is 4.26. The molecule has 0 aliphatic heterocycles. The second kappa shape index (κ2) is 10.1. The minimum Gasteiger partial charge on any atom is -0.456 e. The van der Waals surface area contributed by atoms with E-state index in [9.17, 15) is 9.59 Å². The van der Waals surface area contributed by atoms with Crippen molar-refractivity contribution in [3.63, 3.8) is 0 Å².